The zero-order chi connectivity index (χ0) is 19.8. The van der Waals surface area contributed by atoms with Crippen LogP contribution >= 0.6 is 11.8 Å². The highest BCUT2D eigenvalue weighted by Gasteiger charge is 2.33. The molecule has 2 aliphatic rings. The van der Waals surface area contributed by atoms with Crippen molar-refractivity contribution in [1.29, 1.82) is 0 Å². The molecular weight excluding hydrogens is 388 g/mol. The number of ether oxygens (including phenoxy) is 1. The van der Waals surface area contributed by atoms with Gasteiger partial charge in [0.25, 0.3) is 0 Å². The van der Waals surface area contributed by atoms with Gasteiger partial charge in [0.15, 0.2) is 5.16 Å². The second-order valence-corrected chi connectivity index (χ2v) is 8.44. The minimum atomic E-state index is -0.416. The van der Waals surface area contributed by atoms with E-state index in [0.29, 0.717) is 24.0 Å². The first-order valence-electron chi connectivity index (χ1n) is 10.3. The lowest BCUT2D eigenvalue weighted by Crippen LogP contribution is -2.22. The third kappa shape index (κ3) is 3.50. The van der Waals surface area contributed by atoms with Crippen LogP contribution in [0.2, 0.25) is 0 Å². The standard InChI is InChI=1S/C21H24N4O3S/c1-2-27-19(26)18-16(15-7-3-4-8-17(15)28-18)13-29-21-23-22-20(24-11-5-6-12-24)25(21)14-9-10-14/h3-4,7-8,14H,2,5-6,9-13H2,1H3. The number of thioether (sulfide) groups is 1. The number of rotatable bonds is 7. The molecule has 2 aromatic heterocycles. The molecule has 2 fully saturated rings. The second kappa shape index (κ2) is 7.74. The summed E-state index contributed by atoms with van der Waals surface area (Å²) in [5.41, 5.74) is 1.56. The highest BCUT2D eigenvalue weighted by molar-refractivity contribution is 7.98. The van der Waals surface area contributed by atoms with Gasteiger partial charge in [-0.3, -0.25) is 4.57 Å². The maximum atomic E-state index is 12.4. The summed E-state index contributed by atoms with van der Waals surface area (Å²) in [5.74, 6) is 1.45. The van der Waals surface area contributed by atoms with E-state index in [1.165, 1.54) is 25.7 Å². The number of esters is 1. The van der Waals surface area contributed by atoms with Crippen molar-refractivity contribution in [2.24, 2.45) is 0 Å². The van der Waals surface area contributed by atoms with Crippen molar-refractivity contribution in [3.05, 3.63) is 35.6 Å². The molecule has 0 spiro atoms. The molecule has 0 atom stereocenters. The molecule has 1 aromatic carbocycles. The van der Waals surface area contributed by atoms with E-state index in [2.05, 4.69) is 19.7 Å². The molecule has 3 heterocycles. The summed E-state index contributed by atoms with van der Waals surface area (Å²) in [7, 11) is 0. The number of carbonyl (C=O) groups is 1. The molecule has 0 bridgehead atoms. The molecule has 1 saturated heterocycles. The first-order valence-corrected chi connectivity index (χ1v) is 11.2. The fraction of sp³-hybridized carbons (Fsp3) is 0.476. The van der Waals surface area contributed by atoms with Crippen LogP contribution in [0.15, 0.2) is 33.8 Å². The van der Waals surface area contributed by atoms with E-state index in [1.807, 2.05) is 24.3 Å². The lowest BCUT2D eigenvalue weighted by Gasteiger charge is -2.17. The van der Waals surface area contributed by atoms with Crippen molar-refractivity contribution in [3.63, 3.8) is 0 Å². The van der Waals surface area contributed by atoms with Crippen LogP contribution < -0.4 is 4.90 Å². The molecule has 0 unspecified atom stereocenters. The van der Waals surface area contributed by atoms with Crippen molar-refractivity contribution in [3.8, 4) is 0 Å². The number of furan rings is 1. The molecule has 0 N–H and O–H groups in total. The van der Waals surface area contributed by atoms with Crippen LogP contribution in [-0.4, -0.2) is 40.4 Å². The van der Waals surface area contributed by atoms with Gasteiger partial charge in [0, 0.05) is 35.8 Å². The Morgan fingerprint density at radius 3 is 2.79 bits per heavy atom. The number of hydrogen-bond donors (Lipinski definition) is 0. The highest BCUT2D eigenvalue weighted by Crippen LogP contribution is 2.42. The van der Waals surface area contributed by atoms with Gasteiger partial charge in [0.2, 0.25) is 11.7 Å². The fourth-order valence-corrected chi connectivity index (χ4v) is 4.92. The van der Waals surface area contributed by atoms with Crippen LogP contribution in [0.1, 0.15) is 54.8 Å². The topological polar surface area (TPSA) is 73.4 Å². The minimum Gasteiger partial charge on any atom is -0.460 e. The average molecular weight is 413 g/mol. The van der Waals surface area contributed by atoms with Gasteiger partial charge in [0.05, 0.1) is 6.61 Å². The van der Waals surface area contributed by atoms with Crippen LogP contribution in [0, 0.1) is 0 Å². The first kappa shape index (κ1) is 18.5. The Kier molecular flexibility index (Phi) is 4.95. The summed E-state index contributed by atoms with van der Waals surface area (Å²) in [6.45, 7) is 4.22. The maximum Gasteiger partial charge on any atom is 0.374 e. The van der Waals surface area contributed by atoms with Crippen molar-refractivity contribution >= 4 is 34.6 Å². The van der Waals surface area contributed by atoms with E-state index in [1.54, 1.807) is 18.7 Å². The van der Waals surface area contributed by atoms with Crippen LogP contribution in [-0.2, 0) is 10.5 Å². The number of nitrogens with zero attached hydrogens (tertiary/aromatic N) is 4. The third-order valence-corrected chi connectivity index (χ3v) is 6.42. The van der Waals surface area contributed by atoms with E-state index in [4.69, 9.17) is 9.15 Å². The smallest absolute Gasteiger partial charge is 0.374 e. The van der Waals surface area contributed by atoms with Crippen molar-refractivity contribution in [1.82, 2.24) is 14.8 Å². The van der Waals surface area contributed by atoms with Crippen molar-refractivity contribution in [2.75, 3.05) is 24.6 Å². The van der Waals surface area contributed by atoms with Crippen molar-refractivity contribution in [2.45, 2.75) is 49.6 Å². The fourth-order valence-electron chi connectivity index (χ4n) is 3.89. The third-order valence-electron chi connectivity index (χ3n) is 5.45. The molecule has 3 aromatic rings. The quantitative estimate of drug-likeness (QED) is 0.420. The van der Waals surface area contributed by atoms with E-state index < -0.39 is 5.97 Å². The monoisotopic (exact) mass is 412 g/mol. The van der Waals surface area contributed by atoms with Gasteiger partial charge < -0.3 is 14.1 Å². The van der Waals surface area contributed by atoms with Crippen molar-refractivity contribution < 1.29 is 13.9 Å². The summed E-state index contributed by atoms with van der Waals surface area (Å²) in [6.07, 6.45) is 4.78. The number of benzene rings is 1. The summed E-state index contributed by atoms with van der Waals surface area (Å²) >= 11 is 1.61. The van der Waals surface area contributed by atoms with E-state index in [0.717, 1.165) is 35.1 Å². The van der Waals surface area contributed by atoms with Gasteiger partial charge in [-0.25, -0.2) is 4.79 Å². The molecule has 7 nitrogen and oxygen atoms in total. The van der Waals surface area contributed by atoms with E-state index in [-0.39, 0.29) is 5.76 Å². The van der Waals surface area contributed by atoms with Gasteiger partial charge in [0.1, 0.15) is 5.58 Å². The number of fused-ring (bicyclic) bond motifs is 1. The normalized spacial score (nSPS) is 16.7. The molecule has 152 valence electrons. The number of aromatic nitrogens is 3. The van der Waals surface area contributed by atoms with Crippen LogP contribution in [0.3, 0.4) is 0 Å². The molecule has 29 heavy (non-hydrogen) atoms. The molecule has 5 rings (SSSR count). The SMILES string of the molecule is CCOC(=O)c1oc2ccccc2c1CSc1nnc(N2CCCC2)n1C1CC1. The Balaban J connectivity index is 1.45. The summed E-state index contributed by atoms with van der Waals surface area (Å²) in [5, 5.41) is 10.9. The number of carbonyl (C=O) groups excluding carboxylic acids is 1. The lowest BCUT2D eigenvalue weighted by atomic mass is 10.1. The second-order valence-electron chi connectivity index (χ2n) is 7.49. The Labute approximate surface area is 173 Å². The van der Waals surface area contributed by atoms with Gasteiger partial charge in [-0.05, 0) is 38.7 Å². The summed E-state index contributed by atoms with van der Waals surface area (Å²) in [6, 6.07) is 8.22. The molecule has 0 radical (unpaired) electrons. The first-order chi connectivity index (χ1) is 14.3. The van der Waals surface area contributed by atoms with Gasteiger partial charge >= 0.3 is 5.97 Å². The van der Waals surface area contributed by atoms with E-state index in [9.17, 15) is 4.79 Å². The van der Waals surface area contributed by atoms with Crippen LogP contribution in [0.25, 0.3) is 11.0 Å². The Bertz CT molecular complexity index is 1030. The Hall–Kier alpha value is -2.48. The van der Waals surface area contributed by atoms with Crippen LogP contribution in [0.4, 0.5) is 5.95 Å². The predicted molar refractivity (Wildman–Crippen MR) is 111 cm³/mol. The largest absolute Gasteiger partial charge is 0.460 e. The average Bonchev–Trinajstić information content (AvgIpc) is 3.15. The number of para-hydroxylation sites is 1. The zero-order valence-electron chi connectivity index (χ0n) is 16.5. The van der Waals surface area contributed by atoms with Gasteiger partial charge in [-0.2, -0.15) is 0 Å². The van der Waals surface area contributed by atoms with Gasteiger partial charge in [-0.1, -0.05) is 30.0 Å². The number of anilines is 1. The molecule has 1 aliphatic heterocycles. The molecule has 0 amide bonds. The highest BCUT2D eigenvalue weighted by atomic mass is 32.2. The zero-order valence-corrected chi connectivity index (χ0v) is 17.3. The Morgan fingerprint density at radius 1 is 1.24 bits per heavy atom. The number of hydrogen-bond acceptors (Lipinski definition) is 7. The summed E-state index contributed by atoms with van der Waals surface area (Å²) in [4.78, 5) is 14.8. The van der Waals surface area contributed by atoms with Crippen LogP contribution in [0.5, 0.6) is 0 Å². The maximum absolute atomic E-state index is 12.4. The molecule has 8 heteroatoms. The van der Waals surface area contributed by atoms with Gasteiger partial charge in [-0.15, -0.1) is 10.2 Å². The van der Waals surface area contributed by atoms with E-state index >= 15 is 0 Å². The Morgan fingerprint density at radius 2 is 2.03 bits per heavy atom. The predicted octanol–water partition coefficient (Wildman–Crippen LogP) is 4.43. The molecule has 1 aliphatic carbocycles. The lowest BCUT2D eigenvalue weighted by molar-refractivity contribution is 0.0491. The summed E-state index contributed by atoms with van der Waals surface area (Å²) < 4.78 is 13.3. The minimum absolute atomic E-state index is 0.290. The molecule has 1 saturated carbocycles. The molecular formula is C21H24N4O3S.